The zero-order valence-corrected chi connectivity index (χ0v) is 8.96. The van der Waals surface area contributed by atoms with E-state index < -0.39 is 0 Å². The van der Waals surface area contributed by atoms with Gasteiger partial charge in [0.15, 0.2) is 0 Å². The van der Waals surface area contributed by atoms with E-state index in [4.69, 9.17) is 9.47 Å². The predicted molar refractivity (Wildman–Crippen MR) is 55.8 cm³/mol. The van der Waals surface area contributed by atoms with Crippen molar-refractivity contribution in [2.24, 2.45) is 0 Å². The van der Waals surface area contributed by atoms with Crippen LogP contribution in [-0.2, 0) is 11.2 Å². The van der Waals surface area contributed by atoms with Gasteiger partial charge in [0, 0.05) is 0 Å². The van der Waals surface area contributed by atoms with Gasteiger partial charge < -0.3 is 9.47 Å². The van der Waals surface area contributed by atoms with Crippen molar-refractivity contribution in [1.29, 1.82) is 0 Å². The van der Waals surface area contributed by atoms with E-state index in [0.29, 0.717) is 0 Å². The van der Waals surface area contributed by atoms with E-state index in [1.54, 1.807) is 7.11 Å². The monoisotopic (exact) mass is 192 g/mol. The van der Waals surface area contributed by atoms with Crippen molar-refractivity contribution in [3.05, 3.63) is 28.8 Å². The first-order chi connectivity index (χ1) is 6.72. The quantitative estimate of drug-likeness (QED) is 0.681. The molecule has 0 amide bonds. The van der Waals surface area contributed by atoms with Crippen LogP contribution < -0.4 is 4.74 Å². The summed E-state index contributed by atoms with van der Waals surface area (Å²) in [7, 11) is 1.70. The van der Waals surface area contributed by atoms with E-state index in [9.17, 15) is 0 Å². The number of benzene rings is 1. The van der Waals surface area contributed by atoms with Crippen molar-refractivity contribution in [2.45, 2.75) is 26.4 Å². The summed E-state index contributed by atoms with van der Waals surface area (Å²) in [4.78, 5) is 0. The number of methoxy groups -OCH3 is 1. The van der Waals surface area contributed by atoms with Crippen LogP contribution >= 0.6 is 0 Å². The SMILES string of the molecule is COc1cc(C)c2c(c1)C(C)OCC2. The molecule has 0 aliphatic carbocycles. The maximum Gasteiger partial charge on any atom is 0.119 e. The van der Waals surface area contributed by atoms with Gasteiger partial charge in [0.1, 0.15) is 5.75 Å². The van der Waals surface area contributed by atoms with Crippen LogP contribution in [0, 0.1) is 6.92 Å². The smallest absolute Gasteiger partial charge is 0.119 e. The van der Waals surface area contributed by atoms with Gasteiger partial charge in [0.2, 0.25) is 0 Å². The van der Waals surface area contributed by atoms with Crippen LogP contribution in [0.15, 0.2) is 12.1 Å². The molecule has 1 heterocycles. The molecule has 0 fully saturated rings. The van der Waals surface area contributed by atoms with Gasteiger partial charge in [-0.1, -0.05) is 0 Å². The van der Waals surface area contributed by atoms with Gasteiger partial charge in [-0.3, -0.25) is 0 Å². The molecule has 0 radical (unpaired) electrons. The number of aryl methyl sites for hydroxylation is 1. The number of fused-ring (bicyclic) bond motifs is 1. The summed E-state index contributed by atoms with van der Waals surface area (Å²) in [5.74, 6) is 0.929. The number of hydrogen-bond donors (Lipinski definition) is 0. The van der Waals surface area contributed by atoms with Crippen LogP contribution in [0.5, 0.6) is 5.75 Å². The lowest BCUT2D eigenvalue weighted by molar-refractivity contribution is 0.0551. The average Bonchev–Trinajstić information content (AvgIpc) is 2.19. The van der Waals surface area contributed by atoms with E-state index in [0.717, 1.165) is 18.8 Å². The van der Waals surface area contributed by atoms with Crippen molar-refractivity contribution < 1.29 is 9.47 Å². The molecule has 0 saturated carbocycles. The summed E-state index contributed by atoms with van der Waals surface area (Å²) in [6, 6.07) is 4.18. The second kappa shape index (κ2) is 3.62. The second-order valence-electron chi connectivity index (χ2n) is 3.78. The van der Waals surface area contributed by atoms with Crippen LogP contribution in [-0.4, -0.2) is 13.7 Å². The molecule has 2 heteroatoms. The summed E-state index contributed by atoms with van der Waals surface area (Å²) in [6.45, 7) is 5.07. The third kappa shape index (κ3) is 1.50. The van der Waals surface area contributed by atoms with E-state index in [1.807, 2.05) is 0 Å². The third-order valence-corrected chi connectivity index (χ3v) is 2.87. The fraction of sp³-hybridized carbons (Fsp3) is 0.500. The van der Waals surface area contributed by atoms with Crippen molar-refractivity contribution >= 4 is 0 Å². The van der Waals surface area contributed by atoms with Gasteiger partial charge in [-0.05, 0) is 49.1 Å². The predicted octanol–water partition coefficient (Wildman–Crippen LogP) is 2.64. The summed E-state index contributed by atoms with van der Waals surface area (Å²) in [6.07, 6.45) is 1.22. The normalized spacial score (nSPS) is 20.4. The van der Waals surface area contributed by atoms with Crippen molar-refractivity contribution in [2.75, 3.05) is 13.7 Å². The summed E-state index contributed by atoms with van der Waals surface area (Å²) in [5.41, 5.74) is 4.03. The number of rotatable bonds is 1. The van der Waals surface area contributed by atoms with Crippen molar-refractivity contribution in [1.82, 2.24) is 0 Å². The Bertz CT molecular complexity index is 344. The molecule has 0 N–H and O–H groups in total. The molecule has 1 aliphatic rings. The Hall–Kier alpha value is -1.02. The summed E-state index contributed by atoms with van der Waals surface area (Å²) < 4.78 is 10.9. The van der Waals surface area contributed by atoms with Crippen molar-refractivity contribution in [3.8, 4) is 5.75 Å². The fourth-order valence-electron chi connectivity index (χ4n) is 2.06. The molecule has 1 aromatic carbocycles. The Morgan fingerprint density at radius 2 is 2.21 bits per heavy atom. The number of hydrogen-bond acceptors (Lipinski definition) is 2. The molecular formula is C12H16O2. The first kappa shape index (κ1) is 9.53. The minimum Gasteiger partial charge on any atom is -0.497 e. The molecule has 0 aromatic heterocycles. The molecule has 14 heavy (non-hydrogen) atoms. The Kier molecular flexibility index (Phi) is 2.46. The van der Waals surface area contributed by atoms with Crippen LogP contribution in [0.3, 0.4) is 0 Å². The zero-order chi connectivity index (χ0) is 10.1. The Morgan fingerprint density at radius 1 is 1.43 bits per heavy atom. The van der Waals surface area contributed by atoms with Crippen LogP contribution in [0.1, 0.15) is 29.7 Å². The molecule has 0 bridgehead atoms. The lowest BCUT2D eigenvalue weighted by Gasteiger charge is -2.25. The van der Waals surface area contributed by atoms with Gasteiger partial charge in [-0.15, -0.1) is 0 Å². The van der Waals surface area contributed by atoms with Gasteiger partial charge in [0.25, 0.3) is 0 Å². The highest BCUT2D eigenvalue weighted by Gasteiger charge is 2.19. The van der Waals surface area contributed by atoms with E-state index in [1.165, 1.54) is 16.7 Å². The number of ether oxygens (including phenoxy) is 2. The molecule has 1 aromatic rings. The molecule has 1 aliphatic heterocycles. The molecule has 2 rings (SSSR count). The highest BCUT2D eigenvalue weighted by molar-refractivity contribution is 5.43. The van der Waals surface area contributed by atoms with Gasteiger partial charge in [-0.2, -0.15) is 0 Å². The van der Waals surface area contributed by atoms with Crippen LogP contribution in [0.2, 0.25) is 0 Å². The molecular weight excluding hydrogens is 176 g/mol. The Morgan fingerprint density at radius 3 is 2.93 bits per heavy atom. The van der Waals surface area contributed by atoms with Gasteiger partial charge >= 0.3 is 0 Å². The molecule has 2 nitrogen and oxygen atoms in total. The molecule has 0 spiro atoms. The molecule has 1 atom stereocenters. The fourth-order valence-corrected chi connectivity index (χ4v) is 2.06. The lowest BCUT2D eigenvalue weighted by Crippen LogP contribution is -2.15. The second-order valence-corrected chi connectivity index (χ2v) is 3.78. The van der Waals surface area contributed by atoms with E-state index in [2.05, 4.69) is 26.0 Å². The maximum absolute atomic E-state index is 5.60. The van der Waals surface area contributed by atoms with Crippen LogP contribution in [0.4, 0.5) is 0 Å². The topological polar surface area (TPSA) is 18.5 Å². The zero-order valence-electron chi connectivity index (χ0n) is 8.96. The standard InChI is InChI=1S/C12H16O2/c1-8-6-10(13-3)7-12-9(2)14-5-4-11(8)12/h6-7,9H,4-5H2,1-3H3. The lowest BCUT2D eigenvalue weighted by atomic mass is 9.94. The summed E-state index contributed by atoms with van der Waals surface area (Å²) in [5, 5.41) is 0. The highest BCUT2D eigenvalue weighted by atomic mass is 16.5. The molecule has 76 valence electrons. The Labute approximate surface area is 84.8 Å². The highest BCUT2D eigenvalue weighted by Crippen LogP contribution is 2.32. The third-order valence-electron chi connectivity index (χ3n) is 2.87. The van der Waals surface area contributed by atoms with Crippen molar-refractivity contribution in [3.63, 3.8) is 0 Å². The maximum atomic E-state index is 5.60. The van der Waals surface area contributed by atoms with E-state index >= 15 is 0 Å². The van der Waals surface area contributed by atoms with Crippen LogP contribution in [0.25, 0.3) is 0 Å². The Balaban J connectivity index is 2.51. The molecule has 1 unspecified atom stereocenters. The molecule has 0 saturated heterocycles. The first-order valence-electron chi connectivity index (χ1n) is 5.01. The summed E-state index contributed by atoms with van der Waals surface area (Å²) >= 11 is 0. The average molecular weight is 192 g/mol. The minimum absolute atomic E-state index is 0.201. The van der Waals surface area contributed by atoms with E-state index in [-0.39, 0.29) is 6.10 Å². The largest absolute Gasteiger partial charge is 0.497 e. The van der Waals surface area contributed by atoms with Gasteiger partial charge in [-0.25, -0.2) is 0 Å². The minimum atomic E-state index is 0.201. The van der Waals surface area contributed by atoms with Gasteiger partial charge in [0.05, 0.1) is 19.8 Å². The first-order valence-corrected chi connectivity index (χ1v) is 5.01.